The van der Waals surface area contributed by atoms with Crippen molar-refractivity contribution in [1.82, 2.24) is 0 Å². The van der Waals surface area contributed by atoms with Crippen LogP contribution in [0.4, 0.5) is 0 Å². The Morgan fingerprint density at radius 3 is 2.10 bits per heavy atom. The van der Waals surface area contributed by atoms with E-state index in [-0.39, 0.29) is 18.1 Å². The van der Waals surface area contributed by atoms with Gasteiger partial charge in [-0.3, -0.25) is 24.0 Å². The zero-order valence-electron chi connectivity index (χ0n) is 16.1. The molecule has 0 bridgehead atoms. The Bertz CT molecular complexity index is 736. The van der Waals surface area contributed by atoms with Gasteiger partial charge >= 0.3 is 5.97 Å². The van der Waals surface area contributed by atoms with E-state index in [1.807, 2.05) is 0 Å². The van der Waals surface area contributed by atoms with Gasteiger partial charge in [-0.25, -0.2) is 0 Å². The lowest BCUT2D eigenvalue weighted by atomic mass is 9.72. The maximum Gasteiger partial charge on any atom is 0.311 e. The largest absolute Gasteiger partial charge is 0.481 e. The van der Waals surface area contributed by atoms with Gasteiger partial charge in [0.15, 0.2) is 6.29 Å². The van der Waals surface area contributed by atoms with E-state index in [9.17, 15) is 44.1 Å². The SMILES string of the molecule is C/C(=C\I)C(C(=O)O)C(/C=C/C(C)C(=O)C=O)C(C)(O)C(=O)C(=O)C(O)CC=O. The molecular weight excluding hydrogens is 499 g/mol. The van der Waals surface area contributed by atoms with Gasteiger partial charge in [-0.1, -0.05) is 47.2 Å². The molecule has 160 valence electrons. The Morgan fingerprint density at radius 2 is 1.69 bits per heavy atom. The Hall–Kier alpha value is -2.05. The molecule has 29 heavy (non-hydrogen) atoms. The molecule has 0 aromatic rings. The molecule has 0 saturated carbocycles. The molecule has 0 radical (unpaired) electrons. The second kappa shape index (κ2) is 11.8. The number of allylic oxidation sites excluding steroid dienone is 1. The first kappa shape index (κ1) is 27.0. The van der Waals surface area contributed by atoms with Crippen molar-refractivity contribution in [3.8, 4) is 0 Å². The summed E-state index contributed by atoms with van der Waals surface area (Å²) in [5, 5.41) is 30.1. The van der Waals surface area contributed by atoms with Crippen LogP contribution >= 0.6 is 22.6 Å². The van der Waals surface area contributed by atoms with E-state index in [0.717, 1.165) is 19.1 Å². The van der Waals surface area contributed by atoms with Crippen LogP contribution in [0.1, 0.15) is 27.2 Å². The molecule has 0 aromatic carbocycles. The van der Waals surface area contributed by atoms with Crippen LogP contribution in [0.2, 0.25) is 0 Å². The maximum absolute atomic E-state index is 12.5. The summed E-state index contributed by atoms with van der Waals surface area (Å²) < 4.78 is 1.42. The smallest absolute Gasteiger partial charge is 0.311 e. The average Bonchev–Trinajstić information content (AvgIpc) is 2.67. The second-order valence-corrected chi connectivity index (χ2v) is 7.27. The van der Waals surface area contributed by atoms with Crippen molar-refractivity contribution in [3.63, 3.8) is 0 Å². The molecule has 0 amide bonds. The number of Topliss-reactive ketones (excluding diaryl/α,β-unsaturated/α-hetero) is 3. The molecule has 5 unspecified atom stereocenters. The number of aliphatic carboxylic acids is 1. The lowest BCUT2D eigenvalue weighted by molar-refractivity contribution is -0.158. The highest BCUT2D eigenvalue weighted by Crippen LogP contribution is 2.34. The first-order chi connectivity index (χ1) is 13.4. The van der Waals surface area contributed by atoms with Gasteiger partial charge in [0.1, 0.15) is 18.0 Å². The summed E-state index contributed by atoms with van der Waals surface area (Å²) in [5.74, 6) is -9.09. The second-order valence-electron chi connectivity index (χ2n) is 6.65. The molecule has 0 aromatic heterocycles. The fraction of sp³-hybridized carbons (Fsp3) is 0.474. The maximum atomic E-state index is 12.5. The van der Waals surface area contributed by atoms with Crippen LogP contribution in [0.25, 0.3) is 0 Å². The number of carbonyl (C=O) groups is 6. The number of hydrogen-bond donors (Lipinski definition) is 3. The molecule has 0 fully saturated rings. The molecule has 10 heteroatoms. The Balaban J connectivity index is 6.34. The first-order valence-corrected chi connectivity index (χ1v) is 9.71. The van der Waals surface area contributed by atoms with Crippen molar-refractivity contribution in [2.75, 3.05) is 0 Å². The van der Waals surface area contributed by atoms with Crippen molar-refractivity contribution in [2.45, 2.75) is 38.9 Å². The summed E-state index contributed by atoms with van der Waals surface area (Å²) in [4.78, 5) is 69.1. The van der Waals surface area contributed by atoms with Gasteiger partial charge < -0.3 is 20.1 Å². The molecule has 0 aliphatic rings. The predicted octanol–water partition coefficient (Wildman–Crippen LogP) is 0.442. The van der Waals surface area contributed by atoms with Crippen LogP contribution in [0.15, 0.2) is 21.8 Å². The molecular formula is C19H23IO9. The van der Waals surface area contributed by atoms with Crippen molar-refractivity contribution in [3.05, 3.63) is 21.8 Å². The van der Waals surface area contributed by atoms with Crippen LogP contribution in [-0.4, -0.2) is 62.9 Å². The van der Waals surface area contributed by atoms with Crippen molar-refractivity contribution in [1.29, 1.82) is 0 Å². The van der Waals surface area contributed by atoms with Crippen LogP contribution in [-0.2, 0) is 28.8 Å². The third kappa shape index (κ3) is 7.05. The topological polar surface area (TPSA) is 163 Å². The number of halogens is 1. The van der Waals surface area contributed by atoms with Crippen molar-refractivity contribution in [2.24, 2.45) is 17.8 Å². The molecule has 0 aliphatic heterocycles. The number of carbonyl (C=O) groups excluding carboxylic acids is 5. The lowest BCUT2D eigenvalue weighted by Crippen LogP contribution is -2.52. The Labute approximate surface area is 181 Å². The standard InChI is InChI=1S/C19H23IO9/c1-10(14(24)9-22)4-5-12(15(18(27)28)11(2)8-20)19(3,29)17(26)16(25)13(23)6-7-21/h4-5,7-10,12-13,15,23,29H,6H2,1-3H3,(H,27,28)/b5-4+,11-8+. The van der Waals surface area contributed by atoms with Gasteiger partial charge in [0.05, 0.1) is 5.92 Å². The molecule has 0 rings (SSSR count). The first-order valence-electron chi connectivity index (χ1n) is 8.46. The molecule has 3 N–H and O–H groups in total. The minimum atomic E-state index is -2.59. The lowest BCUT2D eigenvalue weighted by Gasteiger charge is -2.34. The van der Waals surface area contributed by atoms with E-state index in [4.69, 9.17) is 0 Å². The summed E-state index contributed by atoms with van der Waals surface area (Å²) in [5.41, 5.74) is -2.35. The molecule has 0 saturated heterocycles. The quantitative estimate of drug-likeness (QED) is 0.135. The summed E-state index contributed by atoms with van der Waals surface area (Å²) in [6.07, 6.45) is -0.0931. The zero-order valence-corrected chi connectivity index (χ0v) is 18.2. The normalized spacial score (nSPS) is 18.2. The number of aliphatic hydroxyl groups excluding tert-OH is 1. The van der Waals surface area contributed by atoms with E-state index >= 15 is 0 Å². The number of carboxylic acid groups (broad SMARTS) is 1. The number of carboxylic acids is 1. The van der Waals surface area contributed by atoms with E-state index in [0.29, 0.717) is 0 Å². The van der Waals surface area contributed by atoms with Gasteiger partial charge in [0.25, 0.3) is 0 Å². The number of aldehydes is 2. The number of ketones is 3. The van der Waals surface area contributed by atoms with E-state index in [2.05, 4.69) is 0 Å². The molecule has 0 aliphatic carbocycles. The Kier molecular flexibility index (Phi) is 11.0. The molecule has 9 nitrogen and oxygen atoms in total. The summed E-state index contributed by atoms with van der Waals surface area (Å²) in [7, 11) is 0. The highest BCUT2D eigenvalue weighted by molar-refractivity contribution is 14.1. The third-order valence-electron chi connectivity index (χ3n) is 4.41. The van der Waals surface area contributed by atoms with E-state index in [1.165, 1.54) is 17.9 Å². The number of aliphatic hydroxyl groups is 2. The summed E-state index contributed by atoms with van der Waals surface area (Å²) in [6, 6.07) is 0. The van der Waals surface area contributed by atoms with Crippen LogP contribution in [0.3, 0.4) is 0 Å². The highest BCUT2D eigenvalue weighted by Gasteiger charge is 2.48. The molecule has 0 heterocycles. The zero-order chi connectivity index (χ0) is 22.9. The fourth-order valence-corrected chi connectivity index (χ4v) is 2.95. The average molecular weight is 522 g/mol. The number of rotatable bonds is 13. The summed E-state index contributed by atoms with van der Waals surface area (Å²) >= 11 is 1.77. The minimum Gasteiger partial charge on any atom is -0.481 e. The van der Waals surface area contributed by atoms with Crippen LogP contribution < -0.4 is 0 Å². The van der Waals surface area contributed by atoms with E-state index < -0.39 is 59.2 Å². The van der Waals surface area contributed by atoms with Crippen molar-refractivity contribution >= 4 is 58.5 Å². The van der Waals surface area contributed by atoms with Gasteiger partial charge in [-0.15, -0.1) is 0 Å². The monoisotopic (exact) mass is 522 g/mol. The van der Waals surface area contributed by atoms with Gasteiger partial charge in [-0.2, -0.15) is 0 Å². The van der Waals surface area contributed by atoms with Crippen LogP contribution in [0, 0.1) is 17.8 Å². The summed E-state index contributed by atoms with van der Waals surface area (Å²) in [6.45, 7) is 3.71. The van der Waals surface area contributed by atoms with Crippen LogP contribution in [0.5, 0.6) is 0 Å². The fourth-order valence-electron chi connectivity index (χ4n) is 2.56. The van der Waals surface area contributed by atoms with Gasteiger partial charge in [0, 0.05) is 18.3 Å². The Morgan fingerprint density at radius 1 is 1.14 bits per heavy atom. The number of hydrogen-bond acceptors (Lipinski definition) is 8. The highest BCUT2D eigenvalue weighted by atomic mass is 127. The molecule has 5 atom stereocenters. The third-order valence-corrected chi connectivity index (χ3v) is 5.40. The van der Waals surface area contributed by atoms with Gasteiger partial charge in [-0.05, 0) is 17.9 Å². The van der Waals surface area contributed by atoms with Gasteiger partial charge in [0.2, 0.25) is 17.3 Å². The van der Waals surface area contributed by atoms with Crippen molar-refractivity contribution < 1.29 is 44.1 Å². The predicted molar refractivity (Wildman–Crippen MR) is 109 cm³/mol. The minimum absolute atomic E-state index is 0.0806. The molecule has 0 spiro atoms. The van der Waals surface area contributed by atoms with E-state index in [1.54, 1.807) is 22.6 Å².